The van der Waals surface area contributed by atoms with E-state index in [1.54, 1.807) is 18.2 Å². The van der Waals surface area contributed by atoms with Crippen molar-refractivity contribution in [1.29, 1.82) is 0 Å². The Morgan fingerprint density at radius 1 is 1.35 bits per heavy atom. The predicted octanol–water partition coefficient (Wildman–Crippen LogP) is 4.04. The molecule has 5 heteroatoms. The van der Waals surface area contributed by atoms with Crippen LogP contribution in [0.3, 0.4) is 0 Å². The van der Waals surface area contributed by atoms with E-state index in [1.165, 1.54) is 7.11 Å². The number of oxime groups is 1. The van der Waals surface area contributed by atoms with E-state index in [-0.39, 0.29) is 0 Å². The highest BCUT2D eigenvalue weighted by atomic mass is 35.5. The quantitative estimate of drug-likeness (QED) is 0.773. The number of carbonyl (C=O) groups is 1. The number of benzene rings is 1. The van der Waals surface area contributed by atoms with Crippen LogP contribution >= 0.6 is 11.6 Å². The molecule has 0 bridgehead atoms. The van der Waals surface area contributed by atoms with Crippen molar-refractivity contribution in [2.24, 2.45) is 5.16 Å². The van der Waals surface area contributed by atoms with Crippen LogP contribution in [0, 0.1) is 0 Å². The summed E-state index contributed by atoms with van der Waals surface area (Å²) in [6, 6.07) is 5.05. The SMILES string of the molecule is COC(=O)c1cc(Cl)ccc1C1=C(C)CCC(C)=NO1. The summed E-state index contributed by atoms with van der Waals surface area (Å²) in [5, 5.41) is 4.53. The monoisotopic (exact) mass is 293 g/mol. The molecule has 4 nitrogen and oxygen atoms in total. The van der Waals surface area contributed by atoms with E-state index < -0.39 is 5.97 Å². The van der Waals surface area contributed by atoms with Gasteiger partial charge in [-0.15, -0.1) is 0 Å². The minimum Gasteiger partial charge on any atom is -0.465 e. The molecule has 0 fully saturated rings. The van der Waals surface area contributed by atoms with Crippen LogP contribution in [0.4, 0.5) is 0 Å². The third kappa shape index (κ3) is 3.02. The van der Waals surface area contributed by atoms with Crippen LogP contribution < -0.4 is 0 Å². The van der Waals surface area contributed by atoms with Gasteiger partial charge in [0.05, 0.1) is 18.4 Å². The number of ether oxygens (including phenoxy) is 1. The highest BCUT2D eigenvalue weighted by Crippen LogP contribution is 2.30. The molecule has 1 aromatic carbocycles. The van der Waals surface area contributed by atoms with Crippen molar-refractivity contribution in [2.75, 3.05) is 7.11 Å². The van der Waals surface area contributed by atoms with Crippen LogP contribution in [-0.4, -0.2) is 18.8 Å². The van der Waals surface area contributed by atoms with Gasteiger partial charge in [0.25, 0.3) is 0 Å². The fourth-order valence-electron chi connectivity index (χ4n) is 2.00. The Balaban J connectivity index is 2.54. The summed E-state index contributed by atoms with van der Waals surface area (Å²) in [5.41, 5.74) is 2.99. The Morgan fingerprint density at radius 3 is 2.80 bits per heavy atom. The summed E-state index contributed by atoms with van der Waals surface area (Å²) in [6.07, 6.45) is 1.68. The van der Waals surface area contributed by atoms with Crippen LogP contribution in [0.25, 0.3) is 5.76 Å². The number of carbonyl (C=O) groups excluding carboxylic acids is 1. The summed E-state index contributed by atoms with van der Waals surface area (Å²) in [6.45, 7) is 3.89. The first kappa shape index (κ1) is 14.6. The standard InChI is InChI=1S/C15H16ClNO3/c1-9-4-5-10(2)17-20-14(9)12-7-6-11(16)8-13(12)15(18)19-3/h6-8H,4-5H2,1-3H3. The molecule has 0 aromatic heterocycles. The second-order valence-corrected chi connectivity index (χ2v) is 5.15. The highest BCUT2D eigenvalue weighted by Gasteiger charge is 2.20. The van der Waals surface area contributed by atoms with E-state index >= 15 is 0 Å². The van der Waals surface area contributed by atoms with Gasteiger partial charge >= 0.3 is 5.97 Å². The Kier molecular flexibility index (Phi) is 4.45. The fourth-order valence-corrected chi connectivity index (χ4v) is 2.17. The van der Waals surface area contributed by atoms with Gasteiger partial charge in [0.1, 0.15) is 0 Å². The molecule has 0 N–H and O–H groups in total. The molecule has 0 saturated heterocycles. The van der Waals surface area contributed by atoms with Gasteiger partial charge < -0.3 is 9.57 Å². The molecule has 0 radical (unpaired) electrons. The lowest BCUT2D eigenvalue weighted by Crippen LogP contribution is -2.06. The second-order valence-electron chi connectivity index (χ2n) is 4.71. The molecular formula is C15H16ClNO3. The number of methoxy groups -OCH3 is 1. The summed E-state index contributed by atoms with van der Waals surface area (Å²) in [7, 11) is 1.34. The molecule has 20 heavy (non-hydrogen) atoms. The third-order valence-electron chi connectivity index (χ3n) is 3.17. The third-order valence-corrected chi connectivity index (χ3v) is 3.41. The molecule has 0 atom stereocenters. The van der Waals surface area contributed by atoms with Gasteiger partial charge in [-0.2, -0.15) is 0 Å². The molecule has 1 aliphatic rings. The van der Waals surface area contributed by atoms with Crippen molar-refractivity contribution in [3.05, 3.63) is 39.9 Å². The van der Waals surface area contributed by atoms with E-state index in [9.17, 15) is 4.79 Å². The zero-order valence-corrected chi connectivity index (χ0v) is 12.5. The summed E-state index contributed by atoms with van der Waals surface area (Å²) in [4.78, 5) is 17.4. The van der Waals surface area contributed by atoms with Crippen molar-refractivity contribution >= 4 is 29.0 Å². The smallest absolute Gasteiger partial charge is 0.338 e. The first-order valence-electron chi connectivity index (χ1n) is 6.31. The van der Waals surface area contributed by atoms with Gasteiger partial charge in [0, 0.05) is 10.6 Å². The Labute approximate surface area is 123 Å². The van der Waals surface area contributed by atoms with Gasteiger partial charge in [0.15, 0.2) is 5.76 Å². The Bertz CT molecular complexity index is 605. The number of halogens is 1. The van der Waals surface area contributed by atoms with Gasteiger partial charge in [-0.05, 0) is 50.5 Å². The largest absolute Gasteiger partial charge is 0.465 e. The molecule has 0 spiro atoms. The van der Waals surface area contributed by atoms with Crippen LogP contribution in [0.15, 0.2) is 28.9 Å². The van der Waals surface area contributed by atoms with Crippen LogP contribution in [0.1, 0.15) is 42.6 Å². The molecule has 0 aliphatic carbocycles. The average Bonchev–Trinajstić information content (AvgIpc) is 2.60. The Morgan fingerprint density at radius 2 is 2.10 bits per heavy atom. The van der Waals surface area contributed by atoms with E-state index in [0.717, 1.165) is 24.1 Å². The zero-order chi connectivity index (χ0) is 14.7. The van der Waals surface area contributed by atoms with Gasteiger partial charge in [-0.3, -0.25) is 0 Å². The maximum Gasteiger partial charge on any atom is 0.338 e. The van der Waals surface area contributed by atoms with Crippen LogP contribution in [-0.2, 0) is 9.57 Å². The number of allylic oxidation sites excluding steroid dienone is 1. The lowest BCUT2D eigenvalue weighted by Gasteiger charge is -2.12. The number of rotatable bonds is 2. The lowest BCUT2D eigenvalue weighted by molar-refractivity contribution is 0.0599. The van der Waals surface area contributed by atoms with Crippen molar-refractivity contribution < 1.29 is 14.4 Å². The first-order chi connectivity index (χ1) is 9.52. The van der Waals surface area contributed by atoms with Crippen molar-refractivity contribution in [3.8, 4) is 0 Å². The molecule has 2 rings (SSSR count). The van der Waals surface area contributed by atoms with Crippen molar-refractivity contribution in [2.45, 2.75) is 26.7 Å². The molecule has 0 unspecified atom stereocenters. The molecule has 1 aliphatic heterocycles. The van der Waals surface area contributed by atoms with E-state index in [2.05, 4.69) is 5.16 Å². The van der Waals surface area contributed by atoms with E-state index in [4.69, 9.17) is 21.2 Å². The number of hydrogen-bond donors (Lipinski definition) is 0. The van der Waals surface area contributed by atoms with Gasteiger partial charge in [-0.25, -0.2) is 4.79 Å². The average molecular weight is 294 g/mol. The first-order valence-corrected chi connectivity index (χ1v) is 6.69. The van der Waals surface area contributed by atoms with Gasteiger partial charge in [-0.1, -0.05) is 16.8 Å². The number of hydrogen-bond acceptors (Lipinski definition) is 4. The second kappa shape index (κ2) is 6.09. The molecule has 1 heterocycles. The minimum atomic E-state index is -0.448. The number of esters is 1. The molecule has 106 valence electrons. The fraction of sp³-hybridized carbons (Fsp3) is 0.333. The summed E-state index contributed by atoms with van der Waals surface area (Å²) in [5.74, 6) is 0.148. The maximum atomic E-state index is 11.9. The molecular weight excluding hydrogens is 278 g/mol. The van der Waals surface area contributed by atoms with Crippen LogP contribution in [0.5, 0.6) is 0 Å². The van der Waals surface area contributed by atoms with Gasteiger partial charge in [0.2, 0.25) is 0 Å². The lowest BCUT2D eigenvalue weighted by atomic mass is 10.0. The van der Waals surface area contributed by atoms with Crippen molar-refractivity contribution in [3.63, 3.8) is 0 Å². The van der Waals surface area contributed by atoms with E-state index in [1.807, 2.05) is 13.8 Å². The molecule has 1 aromatic rings. The van der Waals surface area contributed by atoms with Crippen LogP contribution in [0.2, 0.25) is 5.02 Å². The maximum absolute atomic E-state index is 11.9. The van der Waals surface area contributed by atoms with E-state index in [0.29, 0.717) is 21.9 Å². The topological polar surface area (TPSA) is 47.9 Å². The number of nitrogens with zero attached hydrogens (tertiary/aromatic N) is 1. The Hall–Kier alpha value is -1.81. The highest BCUT2D eigenvalue weighted by molar-refractivity contribution is 6.31. The molecule has 0 saturated carbocycles. The minimum absolute atomic E-state index is 0.379. The normalized spacial score (nSPS) is 15.3. The molecule has 0 amide bonds. The summed E-state index contributed by atoms with van der Waals surface area (Å²) >= 11 is 5.96. The van der Waals surface area contributed by atoms with Crippen molar-refractivity contribution in [1.82, 2.24) is 0 Å². The zero-order valence-electron chi connectivity index (χ0n) is 11.7. The predicted molar refractivity (Wildman–Crippen MR) is 78.8 cm³/mol. The summed E-state index contributed by atoms with van der Waals surface area (Å²) < 4.78 is 4.80.